The number of carbonyl (C=O) groups excluding carboxylic acids is 2. The molecule has 0 fully saturated rings. The quantitative estimate of drug-likeness (QED) is 0.328. The molecule has 0 aliphatic carbocycles. The van der Waals surface area contributed by atoms with Crippen LogP contribution in [0, 0.1) is 20.8 Å². The Morgan fingerprint density at radius 3 is 2.66 bits per heavy atom. The molecular weight excluding hydrogens is 420 g/mol. The highest BCUT2D eigenvalue weighted by Gasteiger charge is 2.26. The second kappa shape index (κ2) is 9.61. The summed E-state index contributed by atoms with van der Waals surface area (Å²) < 4.78 is 2.20. The van der Waals surface area contributed by atoms with Crippen molar-refractivity contribution in [2.45, 2.75) is 39.9 Å². The fourth-order valence-corrected chi connectivity index (χ4v) is 3.18. The Labute approximate surface area is 176 Å². The van der Waals surface area contributed by atoms with Crippen molar-refractivity contribution < 1.29 is 14.5 Å². The molecule has 156 valence electrons. The third-order valence-electron chi connectivity index (χ3n) is 4.22. The van der Waals surface area contributed by atoms with Gasteiger partial charge >= 0.3 is 0 Å². The Balaban J connectivity index is 2.10. The average molecular weight is 441 g/mol. The molecule has 0 aliphatic rings. The summed E-state index contributed by atoms with van der Waals surface area (Å²) in [6.07, 6.45) is 0. The number of nitro groups is 1. The number of amides is 2. The fraction of sp³-hybridized carbons (Fsp3) is 0.412. The molecule has 2 aromatic rings. The molecule has 12 heteroatoms. The minimum Gasteiger partial charge on any atom is -0.347 e. The van der Waals surface area contributed by atoms with Crippen molar-refractivity contribution in [3.05, 3.63) is 49.5 Å². The van der Waals surface area contributed by atoms with Crippen LogP contribution in [0.25, 0.3) is 0 Å². The molecule has 0 saturated carbocycles. The summed E-state index contributed by atoms with van der Waals surface area (Å²) in [5.74, 6) is -0.654. The van der Waals surface area contributed by atoms with E-state index in [-0.39, 0.29) is 28.7 Å². The fourth-order valence-electron chi connectivity index (χ4n) is 2.64. The molecule has 3 N–H and O–H groups in total. The molecule has 29 heavy (non-hydrogen) atoms. The van der Waals surface area contributed by atoms with Crippen molar-refractivity contribution in [3.8, 4) is 0 Å². The minimum absolute atomic E-state index is 0.0441. The lowest BCUT2D eigenvalue weighted by atomic mass is 10.0. The summed E-state index contributed by atoms with van der Waals surface area (Å²) in [6.45, 7) is 6.20. The first-order valence-corrected chi connectivity index (χ1v) is 9.60. The van der Waals surface area contributed by atoms with Gasteiger partial charge in [0.15, 0.2) is 10.6 Å². The Kier molecular flexibility index (Phi) is 7.46. The van der Waals surface area contributed by atoms with Gasteiger partial charge in [-0.1, -0.05) is 25.4 Å². The molecule has 0 radical (unpaired) electrons. The van der Waals surface area contributed by atoms with E-state index in [2.05, 4.69) is 20.8 Å². The van der Waals surface area contributed by atoms with Gasteiger partial charge in [-0.15, -0.1) is 0 Å². The first-order chi connectivity index (χ1) is 13.6. The second-order valence-corrected chi connectivity index (χ2v) is 7.32. The van der Waals surface area contributed by atoms with Gasteiger partial charge in [-0.2, -0.15) is 5.10 Å². The largest absolute Gasteiger partial charge is 0.347 e. The van der Waals surface area contributed by atoms with Gasteiger partial charge in [-0.25, -0.2) is 0 Å². The summed E-state index contributed by atoms with van der Waals surface area (Å²) in [5, 5.41) is 22.8. The second-order valence-electron chi connectivity index (χ2n) is 6.52. The molecule has 2 rings (SSSR count). The Morgan fingerprint density at radius 1 is 1.41 bits per heavy atom. The van der Waals surface area contributed by atoms with Crippen LogP contribution in [0.15, 0.2) is 18.2 Å². The molecule has 0 spiro atoms. The predicted molar refractivity (Wildman–Crippen MR) is 109 cm³/mol. The lowest BCUT2D eigenvalue weighted by Crippen LogP contribution is -2.49. The van der Waals surface area contributed by atoms with Crippen LogP contribution in [0.2, 0.25) is 5.02 Å². The van der Waals surface area contributed by atoms with E-state index in [0.717, 1.165) is 6.07 Å². The highest BCUT2D eigenvalue weighted by Crippen LogP contribution is 2.22. The van der Waals surface area contributed by atoms with Crippen LogP contribution >= 0.6 is 23.8 Å². The molecule has 1 aromatic carbocycles. The van der Waals surface area contributed by atoms with Gasteiger partial charge in [-0.3, -0.25) is 24.8 Å². The molecular formula is C17H21ClN6O4S. The van der Waals surface area contributed by atoms with Crippen LogP contribution in [0.3, 0.4) is 0 Å². The smallest absolute Gasteiger partial charge is 0.270 e. The molecule has 1 aromatic heterocycles. The number of nitro benzene ring substituents is 1. The summed E-state index contributed by atoms with van der Waals surface area (Å²) in [6, 6.07) is 2.68. The molecule has 0 bridgehead atoms. The highest BCUT2D eigenvalue weighted by molar-refractivity contribution is 7.71. The number of hydrogen-bond donors (Lipinski definition) is 3. The van der Waals surface area contributed by atoms with Crippen molar-refractivity contribution in [1.29, 1.82) is 0 Å². The van der Waals surface area contributed by atoms with E-state index < -0.39 is 22.8 Å². The number of non-ortho nitro benzene ring substituents is 1. The highest BCUT2D eigenvalue weighted by atomic mass is 35.5. The Hall–Kier alpha value is -2.79. The van der Waals surface area contributed by atoms with E-state index in [9.17, 15) is 19.7 Å². The average Bonchev–Trinajstić information content (AvgIpc) is 3.02. The number of hydrogen-bond acceptors (Lipinski definition) is 6. The summed E-state index contributed by atoms with van der Waals surface area (Å²) in [7, 11) is 0. The van der Waals surface area contributed by atoms with E-state index in [1.165, 1.54) is 12.1 Å². The van der Waals surface area contributed by atoms with Crippen LogP contribution in [0.4, 0.5) is 5.69 Å². The van der Waals surface area contributed by atoms with Crippen molar-refractivity contribution in [2.24, 2.45) is 5.92 Å². The molecule has 0 aliphatic heterocycles. The zero-order valence-electron chi connectivity index (χ0n) is 16.1. The predicted octanol–water partition coefficient (Wildman–Crippen LogP) is 2.59. The van der Waals surface area contributed by atoms with Gasteiger partial charge in [0.1, 0.15) is 6.04 Å². The number of nitrogens with one attached hydrogen (secondary N) is 3. The molecule has 1 heterocycles. The number of nitrogens with zero attached hydrogens (tertiary/aromatic N) is 3. The van der Waals surface area contributed by atoms with Crippen LogP contribution in [-0.4, -0.2) is 37.5 Å². The van der Waals surface area contributed by atoms with Crippen LogP contribution in [0.1, 0.15) is 37.0 Å². The molecule has 2 amide bonds. The summed E-state index contributed by atoms with van der Waals surface area (Å²) >= 11 is 11.1. The number of aromatic nitrogens is 3. The standard InChI is InChI=1S/C17H21ClN6O4S/c1-4-23-13(21-22-17(23)29)8-19-16(26)14(9(2)3)20-15(25)11-6-5-10(24(27)28)7-12(11)18/h5-7,9,14H,4,8H2,1-3H3,(H,19,26)(H,20,25)(H,22,29). The van der Waals surface area contributed by atoms with E-state index in [1.54, 1.807) is 18.4 Å². The molecule has 10 nitrogen and oxygen atoms in total. The first-order valence-electron chi connectivity index (χ1n) is 8.82. The number of aromatic amines is 1. The number of H-pyrrole nitrogens is 1. The van der Waals surface area contributed by atoms with Crippen LogP contribution in [0.5, 0.6) is 0 Å². The SMILES string of the molecule is CCn1c(CNC(=O)C(NC(=O)c2ccc([N+](=O)[O-])cc2Cl)C(C)C)n[nH]c1=S. The maximum absolute atomic E-state index is 12.6. The summed E-state index contributed by atoms with van der Waals surface area (Å²) in [4.78, 5) is 35.4. The van der Waals surface area contributed by atoms with E-state index >= 15 is 0 Å². The third-order valence-corrected chi connectivity index (χ3v) is 4.84. The normalized spacial score (nSPS) is 11.9. The Bertz CT molecular complexity index is 987. The van der Waals surface area contributed by atoms with Gasteiger partial charge in [0.25, 0.3) is 11.6 Å². The minimum atomic E-state index is -0.842. The maximum Gasteiger partial charge on any atom is 0.270 e. The van der Waals surface area contributed by atoms with E-state index in [4.69, 9.17) is 23.8 Å². The zero-order chi connectivity index (χ0) is 21.7. The monoisotopic (exact) mass is 440 g/mol. The van der Waals surface area contributed by atoms with E-state index in [0.29, 0.717) is 17.1 Å². The molecule has 0 saturated heterocycles. The van der Waals surface area contributed by atoms with E-state index in [1.807, 2.05) is 6.92 Å². The van der Waals surface area contributed by atoms with Gasteiger partial charge in [0.2, 0.25) is 5.91 Å². The maximum atomic E-state index is 12.6. The third kappa shape index (κ3) is 5.39. The number of rotatable bonds is 8. The Morgan fingerprint density at radius 2 is 2.10 bits per heavy atom. The van der Waals surface area contributed by atoms with Gasteiger partial charge < -0.3 is 15.2 Å². The molecule has 1 atom stereocenters. The van der Waals surface area contributed by atoms with Crippen molar-refractivity contribution in [3.63, 3.8) is 0 Å². The van der Waals surface area contributed by atoms with Crippen molar-refractivity contribution in [1.82, 2.24) is 25.4 Å². The lowest BCUT2D eigenvalue weighted by Gasteiger charge is -2.22. The molecule has 1 unspecified atom stereocenters. The first kappa shape index (κ1) is 22.5. The van der Waals surface area contributed by atoms with Crippen LogP contribution < -0.4 is 10.6 Å². The topological polar surface area (TPSA) is 135 Å². The number of carbonyl (C=O) groups is 2. The van der Waals surface area contributed by atoms with Gasteiger partial charge in [0, 0.05) is 18.7 Å². The summed E-state index contributed by atoms with van der Waals surface area (Å²) in [5.41, 5.74) is -0.184. The van der Waals surface area contributed by atoms with Crippen LogP contribution in [-0.2, 0) is 17.9 Å². The van der Waals surface area contributed by atoms with Crippen molar-refractivity contribution >= 4 is 41.3 Å². The van der Waals surface area contributed by atoms with Gasteiger partial charge in [0.05, 0.1) is 22.1 Å². The number of benzene rings is 1. The van der Waals surface area contributed by atoms with Gasteiger partial charge in [-0.05, 0) is 31.1 Å². The zero-order valence-corrected chi connectivity index (χ0v) is 17.6. The lowest BCUT2D eigenvalue weighted by molar-refractivity contribution is -0.384. The van der Waals surface area contributed by atoms with Crippen molar-refractivity contribution in [2.75, 3.05) is 0 Å². The number of halogens is 1.